The van der Waals surface area contributed by atoms with Crippen LogP contribution in [0.2, 0.25) is 0 Å². The summed E-state index contributed by atoms with van der Waals surface area (Å²) in [5.74, 6) is -0.963. The summed E-state index contributed by atoms with van der Waals surface area (Å²) in [6.07, 6.45) is 0.973. The number of hydrogen-bond acceptors (Lipinski definition) is 3. The van der Waals surface area contributed by atoms with Crippen molar-refractivity contribution in [1.29, 1.82) is 0 Å². The Kier molecular flexibility index (Phi) is 7.16. The van der Waals surface area contributed by atoms with Crippen LogP contribution < -0.4 is 15.4 Å². The SMILES string of the molecule is COc1ccc(F)cc1NC(=O)C(CCc1ccccc1)NC(=O)c1ccccc1.[HH].[HH]. The van der Waals surface area contributed by atoms with Gasteiger partial charge in [-0.05, 0) is 42.7 Å². The van der Waals surface area contributed by atoms with Crippen LogP contribution >= 0.6 is 0 Å². The minimum Gasteiger partial charge on any atom is -0.495 e. The van der Waals surface area contributed by atoms with Crippen LogP contribution in [0, 0.1) is 5.82 Å². The summed E-state index contributed by atoms with van der Waals surface area (Å²) in [5, 5.41) is 5.47. The van der Waals surface area contributed by atoms with Gasteiger partial charge in [0.1, 0.15) is 17.6 Å². The van der Waals surface area contributed by atoms with E-state index in [9.17, 15) is 14.0 Å². The maximum atomic E-state index is 13.7. The molecule has 0 spiro atoms. The van der Waals surface area contributed by atoms with E-state index in [1.807, 2.05) is 36.4 Å². The van der Waals surface area contributed by atoms with Gasteiger partial charge in [0.25, 0.3) is 5.91 Å². The van der Waals surface area contributed by atoms with Gasteiger partial charge in [0, 0.05) is 14.5 Å². The van der Waals surface area contributed by atoms with Gasteiger partial charge in [-0.1, -0.05) is 48.5 Å². The predicted molar refractivity (Wildman–Crippen MR) is 118 cm³/mol. The molecule has 0 radical (unpaired) electrons. The van der Waals surface area contributed by atoms with Crippen LogP contribution in [0.3, 0.4) is 0 Å². The first-order valence-electron chi connectivity index (χ1n) is 9.61. The van der Waals surface area contributed by atoms with Crippen LogP contribution in [0.1, 0.15) is 25.2 Å². The van der Waals surface area contributed by atoms with E-state index in [1.54, 1.807) is 24.3 Å². The van der Waals surface area contributed by atoms with Crippen LogP contribution in [0.4, 0.5) is 10.1 Å². The van der Waals surface area contributed by atoms with E-state index in [0.29, 0.717) is 24.2 Å². The highest BCUT2D eigenvalue weighted by Gasteiger charge is 2.22. The van der Waals surface area contributed by atoms with Crippen LogP contribution in [-0.2, 0) is 11.2 Å². The van der Waals surface area contributed by atoms with Gasteiger partial charge < -0.3 is 15.4 Å². The molecule has 1 atom stereocenters. The van der Waals surface area contributed by atoms with Crippen molar-refractivity contribution in [2.75, 3.05) is 12.4 Å². The Balaban J connectivity index is 0.00000256. The third-order valence-electron chi connectivity index (χ3n) is 4.64. The van der Waals surface area contributed by atoms with Crippen molar-refractivity contribution in [3.05, 3.63) is 95.8 Å². The largest absolute Gasteiger partial charge is 0.495 e. The molecular weight excluding hydrogens is 383 g/mol. The first kappa shape index (κ1) is 21.0. The second-order valence-corrected chi connectivity index (χ2v) is 6.75. The summed E-state index contributed by atoms with van der Waals surface area (Å²) in [6, 6.07) is 21.4. The number of rotatable bonds is 8. The van der Waals surface area contributed by atoms with Crippen molar-refractivity contribution < 1.29 is 21.6 Å². The number of halogens is 1. The molecule has 1 unspecified atom stereocenters. The van der Waals surface area contributed by atoms with Gasteiger partial charge in [-0.15, -0.1) is 0 Å². The molecule has 6 heteroatoms. The van der Waals surface area contributed by atoms with Gasteiger partial charge in [-0.2, -0.15) is 0 Å². The van der Waals surface area contributed by atoms with Gasteiger partial charge in [-0.25, -0.2) is 4.39 Å². The fraction of sp³-hybridized carbons (Fsp3) is 0.167. The van der Waals surface area contributed by atoms with E-state index in [4.69, 9.17) is 4.74 Å². The third-order valence-corrected chi connectivity index (χ3v) is 4.64. The van der Waals surface area contributed by atoms with Gasteiger partial charge in [0.2, 0.25) is 5.91 Å². The Hall–Kier alpha value is -3.67. The summed E-state index contributed by atoms with van der Waals surface area (Å²) in [7, 11) is 1.44. The maximum Gasteiger partial charge on any atom is 0.251 e. The lowest BCUT2D eigenvalue weighted by Crippen LogP contribution is -2.44. The van der Waals surface area contributed by atoms with Crippen molar-refractivity contribution in [2.45, 2.75) is 18.9 Å². The topological polar surface area (TPSA) is 67.4 Å². The Bertz CT molecular complexity index is 1000. The first-order valence-corrected chi connectivity index (χ1v) is 9.61. The molecule has 0 saturated carbocycles. The van der Waals surface area contributed by atoms with Crippen molar-refractivity contribution in [1.82, 2.24) is 5.32 Å². The third kappa shape index (κ3) is 5.67. The number of carbonyl (C=O) groups is 2. The molecule has 30 heavy (non-hydrogen) atoms. The number of hydrogen-bond donors (Lipinski definition) is 2. The molecule has 0 aliphatic heterocycles. The molecule has 3 aromatic rings. The predicted octanol–water partition coefficient (Wildman–Crippen LogP) is 4.70. The molecule has 0 bridgehead atoms. The normalized spacial score (nSPS) is 11.4. The molecule has 0 aliphatic rings. The van der Waals surface area contributed by atoms with Crippen molar-refractivity contribution in [3.63, 3.8) is 0 Å². The molecular formula is C24H27FN2O3. The fourth-order valence-corrected chi connectivity index (χ4v) is 3.05. The van der Waals surface area contributed by atoms with E-state index in [2.05, 4.69) is 10.6 Å². The summed E-state index contributed by atoms with van der Waals surface area (Å²) < 4.78 is 18.9. The van der Waals surface area contributed by atoms with Crippen molar-refractivity contribution >= 4 is 17.5 Å². The Morgan fingerprint density at radius 1 is 1.00 bits per heavy atom. The van der Waals surface area contributed by atoms with Crippen LogP contribution in [0.15, 0.2) is 78.9 Å². The lowest BCUT2D eigenvalue weighted by Gasteiger charge is -2.19. The number of benzene rings is 3. The number of aryl methyl sites for hydroxylation is 1. The van der Waals surface area contributed by atoms with E-state index < -0.39 is 17.8 Å². The highest BCUT2D eigenvalue weighted by atomic mass is 19.1. The minimum absolute atomic E-state index is 0. The number of ether oxygens (including phenoxy) is 1. The van der Waals surface area contributed by atoms with Gasteiger partial charge in [0.05, 0.1) is 12.8 Å². The fourth-order valence-electron chi connectivity index (χ4n) is 3.05. The average molecular weight is 410 g/mol. The highest BCUT2D eigenvalue weighted by molar-refractivity contribution is 6.01. The highest BCUT2D eigenvalue weighted by Crippen LogP contribution is 2.25. The number of carbonyl (C=O) groups excluding carboxylic acids is 2. The number of nitrogens with one attached hydrogen (secondary N) is 2. The van der Waals surface area contributed by atoms with Crippen LogP contribution in [0.25, 0.3) is 0 Å². The lowest BCUT2D eigenvalue weighted by molar-refractivity contribution is -0.118. The molecule has 3 rings (SSSR count). The van der Waals surface area contributed by atoms with Crippen molar-refractivity contribution in [3.8, 4) is 5.75 Å². The van der Waals surface area contributed by atoms with Crippen molar-refractivity contribution in [2.24, 2.45) is 0 Å². The van der Waals surface area contributed by atoms with Gasteiger partial charge in [-0.3, -0.25) is 9.59 Å². The van der Waals surface area contributed by atoms with E-state index >= 15 is 0 Å². The molecule has 0 fully saturated rings. The Morgan fingerprint density at radius 3 is 2.33 bits per heavy atom. The second-order valence-electron chi connectivity index (χ2n) is 6.75. The first-order chi connectivity index (χ1) is 14.6. The molecule has 158 valence electrons. The number of amides is 2. The summed E-state index contributed by atoms with van der Waals surface area (Å²) in [4.78, 5) is 25.6. The average Bonchev–Trinajstić information content (AvgIpc) is 2.78. The second kappa shape index (κ2) is 10.2. The Labute approximate surface area is 177 Å². The zero-order chi connectivity index (χ0) is 21.3. The summed E-state index contributed by atoms with van der Waals surface area (Å²) in [5.41, 5.74) is 1.71. The standard InChI is InChI=1S/C24H23FN2O3.2H2/c1-30-22-15-13-19(25)16-21(22)27-24(29)20(14-12-17-8-4-2-5-9-17)26-23(28)18-10-6-3-7-11-18;;/h2-11,13,15-16,20H,12,14H2,1H3,(H,26,28)(H,27,29);2*1H. The Morgan fingerprint density at radius 2 is 1.67 bits per heavy atom. The molecule has 5 nitrogen and oxygen atoms in total. The molecule has 3 aromatic carbocycles. The monoisotopic (exact) mass is 410 g/mol. The number of anilines is 1. The molecule has 0 aromatic heterocycles. The van der Waals surface area contributed by atoms with E-state index in [-0.39, 0.29) is 14.4 Å². The minimum atomic E-state index is -0.814. The summed E-state index contributed by atoms with van der Waals surface area (Å²) >= 11 is 0. The lowest BCUT2D eigenvalue weighted by atomic mass is 10.0. The molecule has 2 N–H and O–H groups in total. The molecule has 0 saturated heterocycles. The molecule has 0 aliphatic carbocycles. The van der Waals surface area contributed by atoms with Gasteiger partial charge >= 0.3 is 0 Å². The van der Waals surface area contributed by atoms with Gasteiger partial charge in [0.15, 0.2) is 0 Å². The van der Waals surface area contributed by atoms with Crippen LogP contribution in [-0.4, -0.2) is 25.0 Å². The zero-order valence-electron chi connectivity index (χ0n) is 16.6. The maximum absolute atomic E-state index is 13.7. The smallest absolute Gasteiger partial charge is 0.251 e. The molecule has 0 heterocycles. The number of methoxy groups -OCH3 is 1. The zero-order valence-corrected chi connectivity index (χ0v) is 16.6. The van der Waals surface area contributed by atoms with E-state index in [0.717, 1.165) is 5.56 Å². The molecule has 2 amide bonds. The summed E-state index contributed by atoms with van der Waals surface area (Å²) in [6.45, 7) is 0. The van der Waals surface area contributed by atoms with E-state index in [1.165, 1.54) is 25.3 Å². The quantitative estimate of drug-likeness (QED) is 0.566. The van der Waals surface area contributed by atoms with Crippen LogP contribution in [0.5, 0.6) is 5.75 Å².